The van der Waals surface area contributed by atoms with Gasteiger partial charge in [0, 0.05) is 12.4 Å². The fourth-order valence-corrected chi connectivity index (χ4v) is 4.34. The summed E-state index contributed by atoms with van der Waals surface area (Å²) in [5.74, 6) is 0.740. The summed E-state index contributed by atoms with van der Waals surface area (Å²) >= 11 is 0. The van der Waals surface area contributed by atoms with Crippen molar-refractivity contribution < 1.29 is 22.4 Å². The molecule has 30 heavy (non-hydrogen) atoms. The molecule has 1 N–H and O–H groups in total. The lowest BCUT2D eigenvalue weighted by molar-refractivity contribution is -0.121. The Hall–Kier alpha value is -2.84. The van der Waals surface area contributed by atoms with Crippen molar-refractivity contribution in [3.8, 4) is 5.75 Å². The van der Waals surface area contributed by atoms with Gasteiger partial charge in [-0.25, -0.2) is 8.42 Å². The van der Waals surface area contributed by atoms with Crippen molar-refractivity contribution in [2.75, 3.05) is 20.7 Å². The predicted molar refractivity (Wildman–Crippen MR) is 115 cm³/mol. The van der Waals surface area contributed by atoms with Gasteiger partial charge in [0.15, 0.2) is 11.3 Å². The van der Waals surface area contributed by atoms with Gasteiger partial charge in [-0.3, -0.25) is 4.79 Å². The molecule has 1 aromatic heterocycles. The van der Waals surface area contributed by atoms with Gasteiger partial charge in [0.25, 0.3) is 0 Å². The van der Waals surface area contributed by atoms with E-state index in [0.29, 0.717) is 17.1 Å². The van der Waals surface area contributed by atoms with Crippen LogP contribution in [0.5, 0.6) is 5.75 Å². The quantitative estimate of drug-likeness (QED) is 0.619. The van der Waals surface area contributed by atoms with Crippen molar-refractivity contribution in [2.24, 2.45) is 0 Å². The molecule has 0 bridgehead atoms. The van der Waals surface area contributed by atoms with Gasteiger partial charge in [-0.2, -0.15) is 4.31 Å². The van der Waals surface area contributed by atoms with Crippen LogP contribution in [0.25, 0.3) is 11.0 Å². The molecule has 3 aromatic rings. The van der Waals surface area contributed by atoms with Crippen LogP contribution in [-0.4, -0.2) is 39.3 Å². The Morgan fingerprint density at radius 3 is 2.57 bits per heavy atom. The molecule has 0 fully saturated rings. The van der Waals surface area contributed by atoms with Gasteiger partial charge in [0.2, 0.25) is 15.9 Å². The molecule has 1 atom stereocenters. The average molecular weight is 431 g/mol. The number of likely N-dealkylation sites (N-methyl/N-ethyl adjacent to an activating group) is 1. The number of rotatable bonds is 7. The minimum absolute atomic E-state index is 0.165. The highest BCUT2D eigenvalue weighted by Crippen LogP contribution is 2.30. The summed E-state index contributed by atoms with van der Waals surface area (Å²) in [5.41, 5.74) is 2.49. The maximum absolute atomic E-state index is 12.8. The van der Waals surface area contributed by atoms with Gasteiger partial charge < -0.3 is 14.5 Å². The summed E-state index contributed by atoms with van der Waals surface area (Å²) in [6.45, 7) is 5.24. The fourth-order valence-electron chi connectivity index (χ4n) is 3.13. The van der Waals surface area contributed by atoms with Crippen molar-refractivity contribution >= 4 is 26.9 Å². The number of ether oxygens (including phenoxy) is 1. The minimum Gasteiger partial charge on any atom is -0.493 e. The number of para-hydroxylation sites is 1. The molecule has 8 heteroatoms. The number of sulfonamides is 1. The minimum atomic E-state index is -3.77. The average Bonchev–Trinajstić information content (AvgIpc) is 3.14. The molecular formula is C22H26N2O5S. The number of nitrogens with one attached hydrogen (secondary N) is 1. The maximum Gasteiger partial charge on any atom is 0.243 e. The second-order valence-electron chi connectivity index (χ2n) is 7.32. The fraction of sp³-hybridized carbons (Fsp3) is 0.318. The Balaban J connectivity index is 1.70. The molecule has 1 amide bonds. The van der Waals surface area contributed by atoms with Gasteiger partial charge in [0.05, 0.1) is 24.6 Å². The van der Waals surface area contributed by atoms with E-state index in [1.807, 2.05) is 32.0 Å². The monoisotopic (exact) mass is 430 g/mol. The summed E-state index contributed by atoms with van der Waals surface area (Å²) < 4.78 is 37.8. The van der Waals surface area contributed by atoms with Crippen LogP contribution in [0.15, 0.2) is 51.8 Å². The van der Waals surface area contributed by atoms with Gasteiger partial charge in [-0.1, -0.05) is 18.2 Å². The highest BCUT2D eigenvalue weighted by Gasteiger charge is 2.24. The predicted octanol–water partition coefficient (Wildman–Crippen LogP) is 3.56. The summed E-state index contributed by atoms with van der Waals surface area (Å²) in [5, 5.41) is 3.65. The number of methoxy groups -OCH3 is 1. The standard InChI is InChI=1S/C22H26N2O5S/c1-14-9-10-18(11-15(14)2)30(26,27)24(4)13-21(25)23-16(3)20-12-17-7-6-8-19(28-5)22(17)29-20/h6-12,16H,13H2,1-5H3,(H,23,25). The molecule has 0 radical (unpaired) electrons. The van der Waals surface area contributed by atoms with E-state index >= 15 is 0 Å². The van der Waals surface area contributed by atoms with Crippen molar-refractivity contribution in [3.05, 3.63) is 59.4 Å². The first-order valence-electron chi connectivity index (χ1n) is 9.53. The van der Waals surface area contributed by atoms with E-state index in [4.69, 9.17) is 9.15 Å². The van der Waals surface area contributed by atoms with Crippen LogP contribution in [0.3, 0.4) is 0 Å². The molecule has 0 aliphatic rings. The zero-order valence-corrected chi connectivity index (χ0v) is 18.5. The Kier molecular flexibility index (Phi) is 6.19. The Bertz CT molecular complexity index is 1180. The van der Waals surface area contributed by atoms with Gasteiger partial charge in [0.1, 0.15) is 5.76 Å². The normalized spacial score (nSPS) is 12.9. The van der Waals surface area contributed by atoms with Crippen LogP contribution in [0, 0.1) is 13.8 Å². The van der Waals surface area contributed by atoms with E-state index in [1.54, 1.807) is 38.3 Å². The molecular weight excluding hydrogens is 404 g/mol. The first kappa shape index (κ1) is 21.9. The number of benzene rings is 2. The van der Waals surface area contributed by atoms with Gasteiger partial charge in [-0.05, 0) is 56.2 Å². The Morgan fingerprint density at radius 1 is 1.17 bits per heavy atom. The van der Waals surface area contributed by atoms with E-state index in [0.717, 1.165) is 20.8 Å². The third-order valence-electron chi connectivity index (χ3n) is 5.10. The maximum atomic E-state index is 12.8. The van der Waals surface area contributed by atoms with Crippen LogP contribution < -0.4 is 10.1 Å². The van der Waals surface area contributed by atoms with E-state index in [9.17, 15) is 13.2 Å². The number of carbonyl (C=O) groups is 1. The van der Waals surface area contributed by atoms with E-state index in [2.05, 4.69) is 5.32 Å². The van der Waals surface area contributed by atoms with Crippen LogP contribution in [0.2, 0.25) is 0 Å². The van der Waals surface area contributed by atoms with Crippen LogP contribution in [-0.2, 0) is 14.8 Å². The molecule has 0 saturated heterocycles. The van der Waals surface area contributed by atoms with E-state index < -0.39 is 22.0 Å². The molecule has 7 nitrogen and oxygen atoms in total. The molecule has 0 saturated carbocycles. The Morgan fingerprint density at radius 2 is 1.90 bits per heavy atom. The van der Waals surface area contributed by atoms with Crippen LogP contribution >= 0.6 is 0 Å². The number of furan rings is 1. The lowest BCUT2D eigenvalue weighted by atomic mass is 10.1. The third kappa shape index (κ3) is 4.34. The number of amides is 1. The number of hydrogen-bond donors (Lipinski definition) is 1. The molecule has 2 aromatic carbocycles. The summed E-state index contributed by atoms with van der Waals surface area (Å²) in [6.07, 6.45) is 0. The summed E-state index contributed by atoms with van der Waals surface area (Å²) in [4.78, 5) is 12.7. The Labute approximate surface area is 176 Å². The molecule has 0 aliphatic carbocycles. The summed E-state index contributed by atoms with van der Waals surface area (Å²) in [7, 11) is -0.818. The number of nitrogens with zero attached hydrogens (tertiary/aromatic N) is 1. The molecule has 1 heterocycles. The van der Waals surface area contributed by atoms with Crippen LogP contribution in [0.4, 0.5) is 0 Å². The SMILES string of the molecule is COc1cccc2cc(C(C)NC(=O)CN(C)S(=O)(=O)c3ccc(C)c(C)c3)oc12. The zero-order chi connectivity index (χ0) is 22.1. The lowest BCUT2D eigenvalue weighted by Gasteiger charge is -2.19. The summed E-state index contributed by atoms with van der Waals surface area (Å²) in [6, 6.07) is 11.9. The van der Waals surface area contributed by atoms with E-state index in [-0.39, 0.29) is 11.4 Å². The molecule has 3 rings (SSSR count). The van der Waals surface area contributed by atoms with Crippen molar-refractivity contribution in [3.63, 3.8) is 0 Å². The second kappa shape index (κ2) is 8.49. The van der Waals surface area contributed by atoms with Crippen LogP contribution in [0.1, 0.15) is 29.9 Å². The topological polar surface area (TPSA) is 88.9 Å². The molecule has 0 spiro atoms. The smallest absolute Gasteiger partial charge is 0.243 e. The second-order valence-corrected chi connectivity index (χ2v) is 9.37. The highest BCUT2D eigenvalue weighted by atomic mass is 32.2. The third-order valence-corrected chi connectivity index (χ3v) is 6.90. The number of hydrogen-bond acceptors (Lipinski definition) is 5. The zero-order valence-electron chi connectivity index (χ0n) is 17.7. The van der Waals surface area contributed by atoms with Crippen molar-refractivity contribution in [2.45, 2.75) is 31.7 Å². The largest absolute Gasteiger partial charge is 0.493 e. The first-order chi connectivity index (χ1) is 14.1. The van der Waals surface area contributed by atoms with E-state index in [1.165, 1.54) is 7.05 Å². The van der Waals surface area contributed by atoms with Crippen molar-refractivity contribution in [1.82, 2.24) is 9.62 Å². The van der Waals surface area contributed by atoms with Gasteiger partial charge in [-0.15, -0.1) is 0 Å². The molecule has 160 valence electrons. The van der Waals surface area contributed by atoms with Crippen molar-refractivity contribution in [1.29, 1.82) is 0 Å². The number of aryl methyl sites for hydroxylation is 2. The number of fused-ring (bicyclic) bond motifs is 1. The number of carbonyl (C=O) groups excluding carboxylic acids is 1. The van der Waals surface area contributed by atoms with Gasteiger partial charge >= 0.3 is 0 Å². The lowest BCUT2D eigenvalue weighted by Crippen LogP contribution is -2.39. The highest BCUT2D eigenvalue weighted by molar-refractivity contribution is 7.89. The first-order valence-corrected chi connectivity index (χ1v) is 11.0. The molecule has 0 aliphatic heterocycles. The molecule has 1 unspecified atom stereocenters.